The Balaban J connectivity index is 1.55. The predicted molar refractivity (Wildman–Crippen MR) is 126 cm³/mol. The highest BCUT2D eigenvalue weighted by Crippen LogP contribution is 2.26. The molecule has 2 aromatic rings. The van der Waals surface area contributed by atoms with Crippen LogP contribution in [-0.2, 0) is 19.6 Å². The maximum absolute atomic E-state index is 12.9. The number of hydrogen-bond acceptors (Lipinski definition) is 4. The number of rotatable bonds is 6. The third kappa shape index (κ3) is 6.10. The van der Waals surface area contributed by atoms with E-state index in [1.54, 1.807) is 36.4 Å². The molecule has 32 heavy (non-hydrogen) atoms. The van der Waals surface area contributed by atoms with E-state index in [-0.39, 0.29) is 22.8 Å². The maximum Gasteiger partial charge on any atom is 0.244 e. The van der Waals surface area contributed by atoms with Gasteiger partial charge in [0.1, 0.15) is 0 Å². The van der Waals surface area contributed by atoms with Gasteiger partial charge in [-0.1, -0.05) is 35.3 Å². The monoisotopic (exact) mass is 495 g/mol. The number of carbonyl (C=O) groups excluding carboxylic acids is 2. The number of amides is 2. The molecule has 0 bridgehead atoms. The Bertz CT molecular complexity index is 1130. The molecular formula is C22H23Cl2N3O4S. The molecule has 10 heteroatoms. The summed E-state index contributed by atoms with van der Waals surface area (Å²) in [6.45, 7) is 1.98. The van der Waals surface area contributed by atoms with Crippen LogP contribution in [0.1, 0.15) is 25.3 Å². The molecule has 3 rings (SSSR count). The van der Waals surface area contributed by atoms with E-state index in [0.29, 0.717) is 47.2 Å². The summed E-state index contributed by atoms with van der Waals surface area (Å²) in [4.78, 5) is 23.5. The molecule has 0 radical (unpaired) electrons. The van der Waals surface area contributed by atoms with Gasteiger partial charge in [-0.25, -0.2) is 8.42 Å². The maximum atomic E-state index is 12.9. The summed E-state index contributed by atoms with van der Waals surface area (Å²) in [6.07, 6.45) is 3.98. The molecule has 1 aliphatic rings. The Labute approximate surface area is 197 Å². The molecule has 0 aliphatic carbocycles. The summed E-state index contributed by atoms with van der Waals surface area (Å²) in [7, 11) is -3.65. The molecule has 0 atom stereocenters. The minimum Gasteiger partial charge on any atom is -0.350 e. The molecule has 1 saturated heterocycles. The van der Waals surface area contributed by atoms with Crippen LogP contribution in [0, 0.1) is 0 Å². The molecule has 0 aromatic heterocycles. The number of halogens is 2. The number of benzene rings is 2. The first-order valence-corrected chi connectivity index (χ1v) is 12.2. The Morgan fingerprint density at radius 3 is 2.34 bits per heavy atom. The van der Waals surface area contributed by atoms with E-state index in [2.05, 4.69) is 10.6 Å². The van der Waals surface area contributed by atoms with Gasteiger partial charge in [0.25, 0.3) is 0 Å². The van der Waals surface area contributed by atoms with Gasteiger partial charge in [0.2, 0.25) is 21.8 Å². The van der Waals surface area contributed by atoms with E-state index in [9.17, 15) is 18.0 Å². The second kappa shape index (κ2) is 10.5. The summed E-state index contributed by atoms with van der Waals surface area (Å²) in [5.41, 5.74) is 1.17. The SMILES string of the molecule is CC(=O)Nc1ccc(S(=O)(=O)N2CCC(NC(=O)/C=C/c3cccc(Cl)c3Cl)CC2)cc1. The van der Waals surface area contributed by atoms with E-state index in [4.69, 9.17) is 23.2 Å². The second-order valence-corrected chi connectivity index (χ2v) is 10.1. The first kappa shape index (κ1) is 24.3. The minimum absolute atomic E-state index is 0.129. The Morgan fingerprint density at radius 1 is 1.06 bits per heavy atom. The highest BCUT2D eigenvalue weighted by Gasteiger charge is 2.29. The highest BCUT2D eigenvalue weighted by molar-refractivity contribution is 7.89. The first-order chi connectivity index (χ1) is 15.2. The number of nitrogens with zero attached hydrogens (tertiary/aromatic N) is 1. The van der Waals surface area contributed by atoms with Crippen molar-refractivity contribution in [1.29, 1.82) is 0 Å². The molecule has 0 spiro atoms. The minimum atomic E-state index is -3.65. The fourth-order valence-electron chi connectivity index (χ4n) is 3.37. The lowest BCUT2D eigenvalue weighted by atomic mass is 10.1. The van der Waals surface area contributed by atoms with Gasteiger partial charge in [-0.3, -0.25) is 9.59 Å². The molecule has 7 nitrogen and oxygen atoms in total. The summed E-state index contributed by atoms with van der Waals surface area (Å²) in [5.74, 6) is -0.508. The van der Waals surface area contributed by atoms with Crippen molar-refractivity contribution in [3.05, 3.63) is 64.1 Å². The van der Waals surface area contributed by atoms with Gasteiger partial charge in [-0.05, 0) is 54.8 Å². The Hall–Kier alpha value is -2.39. The van der Waals surface area contributed by atoms with Crippen molar-refractivity contribution in [2.45, 2.75) is 30.7 Å². The molecule has 1 fully saturated rings. The van der Waals surface area contributed by atoms with Crippen molar-refractivity contribution in [3.63, 3.8) is 0 Å². The molecule has 1 aliphatic heterocycles. The lowest BCUT2D eigenvalue weighted by molar-refractivity contribution is -0.117. The van der Waals surface area contributed by atoms with Gasteiger partial charge in [0.05, 0.1) is 14.9 Å². The smallest absolute Gasteiger partial charge is 0.244 e. The average molecular weight is 496 g/mol. The summed E-state index contributed by atoms with van der Waals surface area (Å²) >= 11 is 12.1. The van der Waals surface area contributed by atoms with Crippen LogP contribution in [-0.4, -0.2) is 43.7 Å². The van der Waals surface area contributed by atoms with Crippen LogP contribution in [0.2, 0.25) is 10.0 Å². The zero-order chi connectivity index (χ0) is 23.3. The van der Waals surface area contributed by atoms with Crippen LogP contribution >= 0.6 is 23.2 Å². The zero-order valence-corrected chi connectivity index (χ0v) is 19.7. The van der Waals surface area contributed by atoms with Crippen molar-refractivity contribution in [3.8, 4) is 0 Å². The van der Waals surface area contributed by atoms with E-state index in [1.807, 2.05) is 0 Å². The van der Waals surface area contributed by atoms with Crippen LogP contribution < -0.4 is 10.6 Å². The van der Waals surface area contributed by atoms with E-state index in [1.165, 1.54) is 29.4 Å². The second-order valence-electron chi connectivity index (χ2n) is 7.37. The fraction of sp³-hybridized carbons (Fsp3) is 0.273. The molecular weight excluding hydrogens is 473 g/mol. The molecule has 0 saturated carbocycles. The largest absolute Gasteiger partial charge is 0.350 e. The van der Waals surface area contributed by atoms with Crippen LogP contribution in [0.3, 0.4) is 0 Å². The quantitative estimate of drug-likeness (QED) is 0.593. The lowest BCUT2D eigenvalue weighted by Gasteiger charge is -2.31. The summed E-state index contributed by atoms with van der Waals surface area (Å²) in [5, 5.41) is 6.29. The topological polar surface area (TPSA) is 95.6 Å². The van der Waals surface area contributed by atoms with Crippen molar-refractivity contribution >= 4 is 56.8 Å². The number of carbonyl (C=O) groups is 2. The van der Waals surface area contributed by atoms with Crippen molar-refractivity contribution in [2.75, 3.05) is 18.4 Å². The van der Waals surface area contributed by atoms with Crippen LogP contribution in [0.4, 0.5) is 5.69 Å². The van der Waals surface area contributed by atoms with Crippen molar-refractivity contribution in [1.82, 2.24) is 9.62 Å². The van der Waals surface area contributed by atoms with Gasteiger partial charge in [0.15, 0.2) is 0 Å². The predicted octanol–water partition coefficient (Wildman–Crippen LogP) is 3.93. The first-order valence-electron chi connectivity index (χ1n) is 9.97. The molecule has 2 N–H and O–H groups in total. The number of piperidine rings is 1. The third-order valence-electron chi connectivity index (χ3n) is 5.01. The summed E-state index contributed by atoms with van der Waals surface area (Å²) < 4.78 is 27.2. The van der Waals surface area contributed by atoms with Gasteiger partial charge >= 0.3 is 0 Å². The molecule has 170 valence electrons. The fourth-order valence-corrected chi connectivity index (χ4v) is 5.21. The van der Waals surface area contributed by atoms with Crippen LogP contribution in [0.25, 0.3) is 6.08 Å². The highest BCUT2D eigenvalue weighted by atomic mass is 35.5. The lowest BCUT2D eigenvalue weighted by Crippen LogP contribution is -2.46. The molecule has 1 heterocycles. The van der Waals surface area contributed by atoms with E-state index >= 15 is 0 Å². The Kier molecular flexibility index (Phi) is 7.95. The number of sulfonamides is 1. The third-order valence-corrected chi connectivity index (χ3v) is 7.75. The number of nitrogens with one attached hydrogen (secondary N) is 2. The van der Waals surface area contributed by atoms with Crippen molar-refractivity contribution < 1.29 is 18.0 Å². The van der Waals surface area contributed by atoms with Crippen LogP contribution in [0.5, 0.6) is 0 Å². The molecule has 0 unspecified atom stereocenters. The number of anilines is 1. The average Bonchev–Trinajstić information content (AvgIpc) is 2.75. The van der Waals surface area contributed by atoms with Crippen LogP contribution in [0.15, 0.2) is 53.4 Å². The zero-order valence-electron chi connectivity index (χ0n) is 17.3. The van der Waals surface area contributed by atoms with Gasteiger partial charge in [-0.2, -0.15) is 4.31 Å². The van der Waals surface area contributed by atoms with E-state index in [0.717, 1.165) is 0 Å². The molecule has 2 aromatic carbocycles. The van der Waals surface area contributed by atoms with Gasteiger partial charge in [0, 0.05) is 37.8 Å². The molecule has 2 amide bonds. The van der Waals surface area contributed by atoms with E-state index < -0.39 is 10.0 Å². The Morgan fingerprint density at radius 2 is 1.72 bits per heavy atom. The standard InChI is InChI=1S/C22H23Cl2N3O4S/c1-15(28)25-17-6-8-19(9-7-17)32(30,31)27-13-11-18(12-14-27)26-21(29)10-5-16-3-2-4-20(23)22(16)24/h2-10,18H,11-14H2,1H3,(H,25,28)(H,26,29)/b10-5+. The van der Waals surface area contributed by atoms with Gasteiger partial charge in [-0.15, -0.1) is 0 Å². The summed E-state index contributed by atoms with van der Waals surface area (Å²) in [6, 6.07) is 11.1. The van der Waals surface area contributed by atoms with Gasteiger partial charge < -0.3 is 10.6 Å². The van der Waals surface area contributed by atoms with Crippen molar-refractivity contribution in [2.24, 2.45) is 0 Å². The number of hydrogen-bond donors (Lipinski definition) is 2. The normalized spacial score (nSPS) is 15.6.